The number of nitrogens with one attached hydrogen (secondary N) is 1. The lowest BCUT2D eigenvalue weighted by Gasteiger charge is -2.05. The van der Waals surface area contributed by atoms with Crippen LogP contribution < -0.4 is 5.73 Å². The molecular formula is C12H8Cl2N4S. The van der Waals surface area contributed by atoms with Gasteiger partial charge in [0.2, 0.25) is 0 Å². The quantitative estimate of drug-likeness (QED) is 0.749. The fourth-order valence-electron chi connectivity index (χ4n) is 1.84. The monoisotopic (exact) mass is 310 g/mol. The highest BCUT2D eigenvalue weighted by Gasteiger charge is 2.18. The summed E-state index contributed by atoms with van der Waals surface area (Å²) in [5.41, 5.74) is 10.1. The van der Waals surface area contributed by atoms with Crippen LogP contribution >= 0.6 is 34.5 Å². The van der Waals surface area contributed by atoms with Crippen LogP contribution in [0.1, 0.15) is 0 Å². The zero-order chi connectivity index (χ0) is 13.4. The second-order valence-corrected chi connectivity index (χ2v) is 5.58. The van der Waals surface area contributed by atoms with E-state index in [-0.39, 0.29) is 0 Å². The molecule has 1 aromatic carbocycles. The molecule has 0 bridgehead atoms. The van der Waals surface area contributed by atoms with Crippen molar-refractivity contribution in [2.75, 3.05) is 5.73 Å². The fourth-order valence-corrected chi connectivity index (χ4v) is 2.96. The number of nitrogens with two attached hydrogens (primary N) is 1. The lowest BCUT2D eigenvalue weighted by Crippen LogP contribution is -1.89. The minimum absolute atomic E-state index is 0.396. The normalized spacial score (nSPS) is 10.8. The number of rotatable bonds is 2. The topological polar surface area (TPSA) is 67.6 Å². The predicted molar refractivity (Wildman–Crippen MR) is 79.6 cm³/mol. The maximum Gasteiger partial charge on any atom is 0.153 e. The van der Waals surface area contributed by atoms with Gasteiger partial charge in [-0.3, -0.25) is 10.1 Å². The van der Waals surface area contributed by atoms with Gasteiger partial charge in [-0.05, 0) is 12.1 Å². The van der Waals surface area contributed by atoms with E-state index >= 15 is 0 Å². The molecule has 0 unspecified atom stereocenters. The number of H-pyrrole nitrogens is 1. The van der Waals surface area contributed by atoms with E-state index in [2.05, 4.69) is 15.2 Å². The number of hydrogen-bond donors (Lipinski definition) is 2. The van der Waals surface area contributed by atoms with Crippen molar-refractivity contribution >= 4 is 40.4 Å². The summed E-state index contributed by atoms with van der Waals surface area (Å²) in [6.07, 6.45) is 1.75. The predicted octanol–water partition coefficient (Wildman–Crippen LogP) is 4.09. The smallest absolute Gasteiger partial charge is 0.153 e. The molecule has 2 aromatic heterocycles. The van der Waals surface area contributed by atoms with E-state index in [1.165, 1.54) is 11.3 Å². The van der Waals surface area contributed by atoms with Gasteiger partial charge in [-0.1, -0.05) is 29.3 Å². The van der Waals surface area contributed by atoms with Gasteiger partial charge in [0.25, 0.3) is 0 Å². The first-order chi connectivity index (χ1) is 9.16. The Morgan fingerprint density at radius 1 is 1.26 bits per heavy atom. The van der Waals surface area contributed by atoms with E-state index in [4.69, 9.17) is 28.9 Å². The van der Waals surface area contributed by atoms with E-state index in [9.17, 15) is 0 Å². The van der Waals surface area contributed by atoms with Gasteiger partial charge in [0.15, 0.2) is 5.82 Å². The molecule has 0 atom stereocenters. The standard InChI is InChI=1S/C12H8Cl2N4S/c13-6-1-2-7(8(14)3-6)10-11(17-18-12(10)15)9-4-16-5-19-9/h1-5H,(H3,15,17,18). The number of thiazole rings is 1. The van der Waals surface area contributed by atoms with Crippen LogP contribution in [-0.2, 0) is 0 Å². The van der Waals surface area contributed by atoms with Crippen LogP contribution in [0.4, 0.5) is 5.82 Å². The van der Waals surface area contributed by atoms with E-state index in [1.807, 2.05) is 6.07 Å². The number of hydrogen-bond acceptors (Lipinski definition) is 4. The number of anilines is 1. The van der Waals surface area contributed by atoms with Gasteiger partial charge in [-0.15, -0.1) is 11.3 Å². The van der Waals surface area contributed by atoms with Crippen LogP contribution in [0, 0.1) is 0 Å². The zero-order valence-corrected chi connectivity index (χ0v) is 11.9. The van der Waals surface area contributed by atoms with Crippen molar-refractivity contribution < 1.29 is 0 Å². The number of halogens is 2. The van der Waals surface area contributed by atoms with E-state index in [1.54, 1.807) is 23.8 Å². The Kier molecular flexibility index (Phi) is 3.18. The van der Waals surface area contributed by atoms with Crippen LogP contribution in [0.5, 0.6) is 0 Å². The summed E-state index contributed by atoms with van der Waals surface area (Å²) in [5, 5.41) is 8.09. The maximum atomic E-state index is 6.23. The molecule has 3 rings (SSSR count). The SMILES string of the molecule is Nc1n[nH]c(-c2cncs2)c1-c1ccc(Cl)cc1Cl. The van der Waals surface area contributed by atoms with E-state index in [0.717, 1.165) is 21.7 Å². The molecule has 3 aromatic rings. The summed E-state index contributed by atoms with van der Waals surface area (Å²) in [6.45, 7) is 0. The highest BCUT2D eigenvalue weighted by Crippen LogP contribution is 2.40. The zero-order valence-electron chi connectivity index (χ0n) is 9.52. The second-order valence-electron chi connectivity index (χ2n) is 3.85. The van der Waals surface area contributed by atoms with Crippen LogP contribution in [0.3, 0.4) is 0 Å². The number of aromatic nitrogens is 3. The fraction of sp³-hybridized carbons (Fsp3) is 0. The van der Waals surface area contributed by atoms with Crippen LogP contribution in [0.2, 0.25) is 10.0 Å². The average molecular weight is 311 g/mol. The molecule has 0 spiro atoms. The Hall–Kier alpha value is -1.56. The molecule has 2 heterocycles. The molecule has 0 radical (unpaired) electrons. The summed E-state index contributed by atoms with van der Waals surface area (Å²) in [7, 11) is 0. The van der Waals surface area contributed by atoms with E-state index < -0.39 is 0 Å². The molecule has 0 amide bonds. The van der Waals surface area contributed by atoms with Crippen molar-refractivity contribution in [2.45, 2.75) is 0 Å². The summed E-state index contributed by atoms with van der Waals surface area (Å²) < 4.78 is 0. The van der Waals surface area contributed by atoms with Crippen molar-refractivity contribution in [1.29, 1.82) is 0 Å². The highest BCUT2D eigenvalue weighted by atomic mass is 35.5. The minimum Gasteiger partial charge on any atom is -0.382 e. The van der Waals surface area contributed by atoms with Gasteiger partial charge in [0.1, 0.15) is 0 Å². The van der Waals surface area contributed by atoms with Crippen molar-refractivity contribution in [3.05, 3.63) is 40.0 Å². The molecule has 0 saturated heterocycles. The summed E-state index contributed by atoms with van der Waals surface area (Å²) >= 11 is 13.6. The Labute approximate surface area is 123 Å². The Morgan fingerprint density at radius 2 is 2.11 bits per heavy atom. The summed E-state index contributed by atoms with van der Waals surface area (Å²) in [5.74, 6) is 0.396. The van der Waals surface area contributed by atoms with Crippen molar-refractivity contribution in [3.8, 4) is 21.7 Å². The maximum absolute atomic E-state index is 6.23. The lowest BCUT2D eigenvalue weighted by atomic mass is 10.0. The van der Waals surface area contributed by atoms with Crippen LogP contribution in [0.15, 0.2) is 29.9 Å². The molecule has 19 heavy (non-hydrogen) atoms. The molecule has 7 heteroatoms. The number of aromatic amines is 1. The molecule has 0 fully saturated rings. The van der Waals surface area contributed by atoms with Crippen molar-refractivity contribution in [2.24, 2.45) is 0 Å². The first kappa shape index (κ1) is 12.5. The average Bonchev–Trinajstić information content (AvgIpc) is 2.99. The molecule has 0 aliphatic rings. The van der Waals surface area contributed by atoms with Crippen molar-refractivity contribution in [3.63, 3.8) is 0 Å². The first-order valence-corrected chi connectivity index (χ1v) is 6.98. The molecular weight excluding hydrogens is 303 g/mol. The van der Waals surface area contributed by atoms with Crippen LogP contribution in [-0.4, -0.2) is 15.2 Å². The lowest BCUT2D eigenvalue weighted by molar-refractivity contribution is 1.10. The van der Waals surface area contributed by atoms with Gasteiger partial charge in [0.05, 0.1) is 26.7 Å². The third kappa shape index (κ3) is 2.20. The van der Waals surface area contributed by atoms with Crippen LogP contribution in [0.25, 0.3) is 21.7 Å². The van der Waals surface area contributed by atoms with Gasteiger partial charge < -0.3 is 5.73 Å². The third-order valence-electron chi connectivity index (χ3n) is 2.67. The molecule has 0 saturated carbocycles. The molecule has 96 valence electrons. The summed E-state index contributed by atoms with van der Waals surface area (Å²) in [6, 6.07) is 5.28. The second kappa shape index (κ2) is 4.85. The van der Waals surface area contributed by atoms with Gasteiger partial charge >= 0.3 is 0 Å². The first-order valence-electron chi connectivity index (χ1n) is 5.35. The van der Waals surface area contributed by atoms with E-state index in [0.29, 0.717) is 15.9 Å². The Bertz CT molecular complexity index is 721. The summed E-state index contributed by atoms with van der Waals surface area (Å²) in [4.78, 5) is 5.00. The third-order valence-corrected chi connectivity index (χ3v) is 4.01. The molecule has 4 nitrogen and oxygen atoms in total. The van der Waals surface area contributed by atoms with Gasteiger partial charge in [0, 0.05) is 16.8 Å². The van der Waals surface area contributed by atoms with Crippen molar-refractivity contribution in [1.82, 2.24) is 15.2 Å². The number of benzene rings is 1. The number of nitrogen functional groups attached to an aromatic ring is 1. The molecule has 0 aliphatic heterocycles. The van der Waals surface area contributed by atoms with Gasteiger partial charge in [-0.2, -0.15) is 5.10 Å². The Balaban J connectivity index is 2.22. The largest absolute Gasteiger partial charge is 0.382 e. The minimum atomic E-state index is 0.396. The molecule has 0 aliphatic carbocycles. The Morgan fingerprint density at radius 3 is 2.79 bits per heavy atom. The molecule has 3 N–H and O–H groups in total. The number of nitrogens with zero attached hydrogens (tertiary/aromatic N) is 2. The highest BCUT2D eigenvalue weighted by molar-refractivity contribution is 7.13. The van der Waals surface area contributed by atoms with Gasteiger partial charge in [-0.25, -0.2) is 0 Å².